The van der Waals surface area contributed by atoms with Crippen molar-refractivity contribution in [1.82, 2.24) is 9.80 Å². The second kappa shape index (κ2) is 7.93. The summed E-state index contributed by atoms with van der Waals surface area (Å²) in [5.41, 5.74) is 7.79. The number of amides is 1. The summed E-state index contributed by atoms with van der Waals surface area (Å²) in [5, 5.41) is 0. The molecule has 0 spiro atoms. The monoisotopic (exact) mass is 303 g/mol. The van der Waals surface area contributed by atoms with Gasteiger partial charge in [0.1, 0.15) is 0 Å². The maximum atomic E-state index is 11.7. The predicted octanol–water partition coefficient (Wildman–Crippen LogP) is 2.19. The van der Waals surface area contributed by atoms with E-state index in [1.165, 1.54) is 0 Å². The van der Waals surface area contributed by atoms with Crippen LogP contribution in [0.2, 0.25) is 0 Å². The zero-order valence-electron chi connectivity index (χ0n) is 14.4. The molecule has 1 fully saturated rings. The third-order valence-corrected chi connectivity index (χ3v) is 4.30. The van der Waals surface area contributed by atoms with Gasteiger partial charge in [-0.2, -0.15) is 0 Å². The maximum Gasteiger partial charge on any atom is 0.298 e. The van der Waals surface area contributed by atoms with E-state index in [0.717, 1.165) is 25.1 Å². The molecule has 0 saturated carbocycles. The van der Waals surface area contributed by atoms with Gasteiger partial charge in [0.15, 0.2) is 0 Å². The molecule has 22 heavy (non-hydrogen) atoms. The van der Waals surface area contributed by atoms with Crippen molar-refractivity contribution in [1.29, 1.82) is 0 Å². The molecule has 0 aromatic carbocycles. The van der Waals surface area contributed by atoms with Gasteiger partial charge in [-0.1, -0.05) is 32.9 Å². The summed E-state index contributed by atoms with van der Waals surface area (Å²) in [7, 11) is 1.79. The summed E-state index contributed by atoms with van der Waals surface area (Å²) >= 11 is 0. The van der Waals surface area contributed by atoms with Crippen molar-refractivity contribution in [3.63, 3.8) is 0 Å². The highest BCUT2D eigenvalue weighted by molar-refractivity contribution is 5.93. The van der Waals surface area contributed by atoms with Crippen molar-refractivity contribution in [2.24, 2.45) is 17.6 Å². The SMILES string of the molecule is C=C(N)C(C(C)C)N1CCC(CCN(C)C(=O)C#CC)C1=C. The van der Waals surface area contributed by atoms with E-state index in [0.29, 0.717) is 24.1 Å². The number of hydrogen-bond acceptors (Lipinski definition) is 3. The minimum absolute atomic E-state index is 0.127. The quantitative estimate of drug-likeness (QED) is 0.765. The normalized spacial score (nSPS) is 18.9. The Morgan fingerprint density at radius 2 is 2.18 bits per heavy atom. The summed E-state index contributed by atoms with van der Waals surface area (Å²) in [4.78, 5) is 15.6. The molecule has 0 radical (unpaired) electrons. The van der Waals surface area contributed by atoms with Crippen LogP contribution in [0.1, 0.15) is 33.6 Å². The van der Waals surface area contributed by atoms with Gasteiger partial charge in [0.05, 0.1) is 6.04 Å². The molecule has 2 unspecified atom stereocenters. The fraction of sp³-hybridized carbons (Fsp3) is 0.611. The molecule has 1 aliphatic rings. The fourth-order valence-electron chi connectivity index (χ4n) is 3.11. The van der Waals surface area contributed by atoms with Crippen LogP contribution in [0.3, 0.4) is 0 Å². The molecule has 0 aromatic rings. The number of nitrogens with two attached hydrogens (primary N) is 1. The van der Waals surface area contributed by atoms with Crippen LogP contribution in [-0.2, 0) is 4.79 Å². The van der Waals surface area contributed by atoms with Gasteiger partial charge in [-0.05, 0) is 31.6 Å². The van der Waals surface area contributed by atoms with Crippen LogP contribution in [0.25, 0.3) is 0 Å². The summed E-state index contributed by atoms with van der Waals surface area (Å²) < 4.78 is 0. The molecular formula is C18H29N3O. The number of carbonyl (C=O) groups excluding carboxylic acids is 1. The highest BCUT2D eigenvalue weighted by atomic mass is 16.2. The average molecular weight is 303 g/mol. The molecule has 2 N–H and O–H groups in total. The van der Waals surface area contributed by atoms with Gasteiger partial charge < -0.3 is 15.5 Å². The van der Waals surface area contributed by atoms with Gasteiger partial charge in [-0.3, -0.25) is 4.79 Å². The van der Waals surface area contributed by atoms with Gasteiger partial charge in [0.25, 0.3) is 5.91 Å². The van der Waals surface area contributed by atoms with Gasteiger partial charge in [0, 0.05) is 37.4 Å². The van der Waals surface area contributed by atoms with Crippen LogP contribution in [-0.4, -0.2) is 41.9 Å². The number of nitrogens with zero attached hydrogens (tertiary/aromatic N) is 2. The maximum absolute atomic E-state index is 11.7. The molecule has 1 amide bonds. The van der Waals surface area contributed by atoms with Gasteiger partial charge in [-0.15, -0.1) is 0 Å². The van der Waals surface area contributed by atoms with Crippen LogP contribution in [0.5, 0.6) is 0 Å². The standard InChI is InChI=1S/C18H29N3O/c1-7-8-17(22)20(6)11-9-16-10-12-21(15(16)5)18(13(2)3)14(4)19/h13,16,18H,4-5,9-12,19H2,1-3,6H3. The third-order valence-electron chi connectivity index (χ3n) is 4.30. The van der Waals surface area contributed by atoms with Crippen molar-refractivity contribution in [2.75, 3.05) is 20.1 Å². The summed E-state index contributed by atoms with van der Waals surface area (Å²) in [6.07, 6.45) is 1.96. The van der Waals surface area contributed by atoms with E-state index < -0.39 is 0 Å². The summed E-state index contributed by atoms with van der Waals surface area (Å²) in [5.74, 6) is 5.87. The molecule has 1 rings (SSSR count). The Bertz CT molecular complexity index is 498. The van der Waals surface area contributed by atoms with Crippen LogP contribution < -0.4 is 5.73 Å². The van der Waals surface area contributed by atoms with Gasteiger partial charge in [0.2, 0.25) is 0 Å². The minimum atomic E-state index is -0.127. The number of carbonyl (C=O) groups is 1. The molecule has 1 saturated heterocycles. The summed E-state index contributed by atoms with van der Waals surface area (Å²) in [6, 6.07) is 0.141. The van der Waals surface area contributed by atoms with Crippen molar-refractivity contribution in [3.05, 3.63) is 24.6 Å². The highest BCUT2D eigenvalue weighted by Crippen LogP contribution is 2.34. The van der Waals surface area contributed by atoms with Crippen molar-refractivity contribution in [2.45, 2.75) is 39.7 Å². The zero-order chi connectivity index (χ0) is 16.9. The van der Waals surface area contributed by atoms with Crippen molar-refractivity contribution in [3.8, 4) is 11.8 Å². The van der Waals surface area contributed by atoms with Crippen LogP contribution in [0, 0.1) is 23.7 Å². The lowest BCUT2D eigenvalue weighted by molar-refractivity contribution is -0.124. The smallest absolute Gasteiger partial charge is 0.298 e. The zero-order valence-corrected chi connectivity index (χ0v) is 14.4. The van der Waals surface area contributed by atoms with Crippen LogP contribution >= 0.6 is 0 Å². The first-order valence-corrected chi connectivity index (χ1v) is 7.87. The Labute approximate surface area is 135 Å². The first kappa shape index (κ1) is 18.2. The van der Waals surface area contributed by atoms with Crippen LogP contribution in [0.4, 0.5) is 0 Å². The largest absolute Gasteiger partial charge is 0.401 e. The predicted molar refractivity (Wildman–Crippen MR) is 91.6 cm³/mol. The Morgan fingerprint density at radius 1 is 1.55 bits per heavy atom. The first-order chi connectivity index (χ1) is 10.3. The molecule has 1 aliphatic heterocycles. The molecule has 122 valence electrons. The molecule has 0 aromatic heterocycles. The van der Waals surface area contributed by atoms with Gasteiger partial charge >= 0.3 is 0 Å². The lowest BCUT2D eigenvalue weighted by atomic mass is 9.98. The first-order valence-electron chi connectivity index (χ1n) is 7.87. The molecule has 0 aliphatic carbocycles. The molecular weight excluding hydrogens is 274 g/mol. The van der Waals surface area contributed by atoms with Crippen LogP contribution in [0.15, 0.2) is 24.6 Å². The van der Waals surface area contributed by atoms with Crippen molar-refractivity contribution < 1.29 is 4.79 Å². The Hall–Kier alpha value is -1.89. The molecule has 4 nitrogen and oxygen atoms in total. The van der Waals surface area contributed by atoms with Gasteiger partial charge in [-0.25, -0.2) is 0 Å². The number of likely N-dealkylation sites (tertiary alicyclic amines) is 1. The second-order valence-electron chi connectivity index (χ2n) is 6.32. The molecule has 0 bridgehead atoms. The lowest BCUT2D eigenvalue weighted by Gasteiger charge is -2.34. The Morgan fingerprint density at radius 3 is 2.68 bits per heavy atom. The molecule has 1 heterocycles. The van der Waals surface area contributed by atoms with E-state index in [4.69, 9.17) is 5.73 Å². The number of hydrogen-bond donors (Lipinski definition) is 1. The molecule has 4 heteroatoms. The van der Waals surface area contributed by atoms with E-state index in [1.54, 1.807) is 18.9 Å². The van der Waals surface area contributed by atoms with E-state index in [2.05, 4.69) is 43.7 Å². The number of allylic oxidation sites excluding steroid dienone is 1. The highest BCUT2D eigenvalue weighted by Gasteiger charge is 2.33. The number of rotatable bonds is 6. The Kier molecular flexibility index (Phi) is 6.55. The Balaban J connectivity index is 2.62. The average Bonchev–Trinajstić information content (AvgIpc) is 2.77. The topological polar surface area (TPSA) is 49.6 Å². The van der Waals surface area contributed by atoms with E-state index in [1.807, 2.05) is 0 Å². The third kappa shape index (κ3) is 4.30. The molecule has 2 atom stereocenters. The summed E-state index contributed by atoms with van der Waals surface area (Å²) in [6.45, 7) is 15.8. The van der Waals surface area contributed by atoms with E-state index in [9.17, 15) is 4.79 Å². The second-order valence-corrected chi connectivity index (χ2v) is 6.32. The van der Waals surface area contributed by atoms with Crippen molar-refractivity contribution >= 4 is 5.91 Å². The fourth-order valence-corrected chi connectivity index (χ4v) is 3.11. The lowest BCUT2D eigenvalue weighted by Crippen LogP contribution is -2.39. The van der Waals surface area contributed by atoms with E-state index in [-0.39, 0.29) is 11.9 Å². The van der Waals surface area contributed by atoms with E-state index >= 15 is 0 Å². The minimum Gasteiger partial charge on any atom is -0.401 e.